The summed E-state index contributed by atoms with van der Waals surface area (Å²) in [4.78, 5) is 6.58. The maximum atomic E-state index is 14.2. The molecule has 1 saturated heterocycles. The Kier molecular flexibility index (Phi) is 3.66. The maximum Gasteiger partial charge on any atom is 0.136 e. The van der Waals surface area contributed by atoms with Gasteiger partial charge in [-0.25, -0.2) is 13.8 Å². The van der Waals surface area contributed by atoms with E-state index in [4.69, 9.17) is 0 Å². The van der Waals surface area contributed by atoms with Gasteiger partial charge in [-0.3, -0.25) is 0 Å². The van der Waals surface area contributed by atoms with Crippen LogP contribution in [0.3, 0.4) is 0 Å². The average molecular weight is 291 g/mol. The lowest BCUT2D eigenvalue weighted by Crippen LogP contribution is -2.35. The van der Waals surface area contributed by atoms with Crippen molar-refractivity contribution in [2.75, 3.05) is 30.4 Å². The molecule has 1 aliphatic rings. The van der Waals surface area contributed by atoms with Gasteiger partial charge in [0.05, 0.1) is 11.9 Å². The Morgan fingerprint density at radius 1 is 1.33 bits per heavy atom. The molecule has 0 amide bonds. The molecule has 0 bridgehead atoms. The highest BCUT2D eigenvalue weighted by Crippen LogP contribution is 2.34. The molecule has 1 aromatic carbocycles. The van der Waals surface area contributed by atoms with Crippen LogP contribution in [0, 0.1) is 17.6 Å². The van der Waals surface area contributed by atoms with Crippen LogP contribution < -0.4 is 10.2 Å². The zero-order valence-electron chi connectivity index (χ0n) is 12.3. The number of halogens is 2. The van der Waals surface area contributed by atoms with Gasteiger partial charge in [0.1, 0.15) is 17.5 Å². The minimum absolute atomic E-state index is 0.405. The molecule has 3 nitrogen and oxygen atoms in total. The van der Waals surface area contributed by atoms with Gasteiger partial charge in [0, 0.05) is 37.0 Å². The number of hydrogen-bond acceptors (Lipinski definition) is 3. The SMILES string of the molecule is CNc1cnc(N2CCCC(C)C2)c2cc(F)cc(F)c12. The molecule has 21 heavy (non-hydrogen) atoms. The first kappa shape index (κ1) is 14.0. The Hall–Kier alpha value is -1.91. The fraction of sp³-hybridized carbons (Fsp3) is 0.438. The molecule has 112 valence electrons. The molecule has 3 rings (SSSR count). The van der Waals surface area contributed by atoms with Gasteiger partial charge >= 0.3 is 0 Å². The highest BCUT2D eigenvalue weighted by Gasteiger charge is 2.21. The van der Waals surface area contributed by atoms with Crippen molar-refractivity contribution in [2.45, 2.75) is 19.8 Å². The van der Waals surface area contributed by atoms with E-state index in [9.17, 15) is 8.78 Å². The number of anilines is 2. The van der Waals surface area contributed by atoms with Crippen LogP contribution in [0.1, 0.15) is 19.8 Å². The lowest BCUT2D eigenvalue weighted by atomic mass is 9.99. The molecule has 1 unspecified atom stereocenters. The van der Waals surface area contributed by atoms with Crippen molar-refractivity contribution in [2.24, 2.45) is 5.92 Å². The van der Waals surface area contributed by atoms with Crippen LogP contribution in [-0.2, 0) is 0 Å². The van der Waals surface area contributed by atoms with Crippen molar-refractivity contribution in [1.82, 2.24) is 4.98 Å². The lowest BCUT2D eigenvalue weighted by molar-refractivity contribution is 0.445. The summed E-state index contributed by atoms with van der Waals surface area (Å²) in [6, 6.07) is 2.30. The fourth-order valence-electron chi connectivity index (χ4n) is 3.11. The highest BCUT2D eigenvalue weighted by atomic mass is 19.1. The second-order valence-corrected chi connectivity index (χ2v) is 5.75. The lowest BCUT2D eigenvalue weighted by Gasteiger charge is -2.32. The molecule has 2 aromatic rings. The molecule has 0 saturated carbocycles. The zero-order chi connectivity index (χ0) is 15.0. The van der Waals surface area contributed by atoms with Gasteiger partial charge in [0.2, 0.25) is 0 Å². The fourth-order valence-corrected chi connectivity index (χ4v) is 3.11. The Morgan fingerprint density at radius 3 is 2.86 bits per heavy atom. The van der Waals surface area contributed by atoms with Crippen LogP contribution in [0.15, 0.2) is 18.3 Å². The van der Waals surface area contributed by atoms with Crippen molar-refractivity contribution in [1.29, 1.82) is 0 Å². The second kappa shape index (κ2) is 5.47. The Bertz CT molecular complexity index is 672. The van der Waals surface area contributed by atoms with E-state index < -0.39 is 11.6 Å². The number of nitrogens with one attached hydrogen (secondary N) is 1. The summed E-state index contributed by atoms with van der Waals surface area (Å²) in [5.74, 6) is 0.122. The van der Waals surface area contributed by atoms with E-state index in [1.165, 1.54) is 12.5 Å². The first-order valence-electron chi connectivity index (χ1n) is 7.30. The van der Waals surface area contributed by atoms with E-state index in [1.807, 2.05) is 0 Å². The van der Waals surface area contributed by atoms with Gasteiger partial charge in [0.15, 0.2) is 0 Å². The first-order valence-corrected chi connectivity index (χ1v) is 7.30. The first-order chi connectivity index (χ1) is 10.1. The molecular formula is C16H19F2N3. The Balaban J connectivity index is 2.19. The summed E-state index contributed by atoms with van der Waals surface area (Å²) >= 11 is 0. The van der Waals surface area contributed by atoms with E-state index >= 15 is 0 Å². The van der Waals surface area contributed by atoms with E-state index in [-0.39, 0.29) is 0 Å². The summed E-state index contributed by atoms with van der Waals surface area (Å²) in [6.45, 7) is 3.94. The van der Waals surface area contributed by atoms with Crippen molar-refractivity contribution in [3.63, 3.8) is 0 Å². The van der Waals surface area contributed by atoms with Crippen molar-refractivity contribution >= 4 is 22.3 Å². The van der Waals surface area contributed by atoms with Gasteiger partial charge in [-0.05, 0) is 24.8 Å². The summed E-state index contributed by atoms with van der Waals surface area (Å²) in [5, 5.41) is 3.87. The second-order valence-electron chi connectivity index (χ2n) is 5.75. The molecule has 5 heteroatoms. The van der Waals surface area contributed by atoms with Gasteiger partial charge < -0.3 is 10.2 Å². The number of fused-ring (bicyclic) bond motifs is 1. The third kappa shape index (κ3) is 2.52. The predicted octanol–water partition coefficient (Wildman–Crippen LogP) is 3.79. The minimum Gasteiger partial charge on any atom is -0.386 e. The topological polar surface area (TPSA) is 28.2 Å². The van der Waals surface area contributed by atoms with Crippen LogP contribution in [0.25, 0.3) is 10.8 Å². The minimum atomic E-state index is -0.568. The van der Waals surface area contributed by atoms with Crippen molar-refractivity contribution in [3.05, 3.63) is 30.0 Å². The van der Waals surface area contributed by atoms with E-state index in [2.05, 4.69) is 22.1 Å². The van der Waals surface area contributed by atoms with Crippen LogP contribution in [0.5, 0.6) is 0 Å². The Morgan fingerprint density at radius 2 is 2.14 bits per heavy atom. The molecular weight excluding hydrogens is 272 g/mol. The molecule has 0 spiro atoms. The highest BCUT2D eigenvalue weighted by molar-refractivity contribution is 6.00. The predicted molar refractivity (Wildman–Crippen MR) is 81.8 cm³/mol. The molecule has 1 N–H and O–H groups in total. The largest absolute Gasteiger partial charge is 0.386 e. The summed E-state index contributed by atoms with van der Waals surface area (Å²) in [7, 11) is 1.71. The maximum absolute atomic E-state index is 14.2. The number of nitrogens with zero attached hydrogens (tertiary/aromatic N) is 2. The number of benzene rings is 1. The third-order valence-corrected chi connectivity index (χ3v) is 4.11. The van der Waals surface area contributed by atoms with Gasteiger partial charge in [0.25, 0.3) is 0 Å². The quantitative estimate of drug-likeness (QED) is 0.912. The van der Waals surface area contributed by atoms with Crippen molar-refractivity contribution < 1.29 is 8.78 Å². The molecule has 0 aliphatic carbocycles. The monoisotopic (exact) mass is 291 g/mol. The third-order valence-electron chi connectivity index (χ3n) is 4.11. The standard InChI is InChI=1S/C16H19F2N3/c1-10-4-3-5-21(9-10)16-12-6-11(17)7-13(18)15(12)14(19-2)8-20-16/h6-8,10,19H,3-5,9H2,1-2H3. The van der Waals surface area contributed by atoms with Crippen molar-refractivity contribution in [3.8, 4) is 0 Å². The number of piperidine rings is 1. The van der Waals surface area contributed by atoms with Gasteiger partial charge in [-0.2, -0.15) is 0 Å². The average Bonchev–Trinajstić information content (AvgIpc) is 2.45. The van der Waals surface area contributed by atoms with Gasteiger partial charge in [-0.15, -0.1) is 0 Å². The molecule has 1 fully saturated rings. The number of rotatable bonds is 2. The molecule has 2 heterocycles. The van der Waals surface area contributed by atoms with Crippen LogP contribution in [0.4, 0.5) is 20.3 Å². The van der Waals surface area contributed by atoms with E-state index in [1.54, 1.807) is 13.2 Å². The van der Waals surface area contributed by atoms with Crippen LogP contribution >= 0.6 is 0 Å². The molecule has 1 aromatic heterocycles. The molecule has 1 atom stereocenters. The van der Waals surface area contributed by atoms with Crippen LogP contribution in [-0.4, -0.2) is 25.1 Å². The molecule has 1 aliphatic heterocycles. The number of aromatic nitrogens is 1. The summed E-state index contributed by atoms with van der Waals surface area (Å²) in [6.07, 6.45) is 3.89. The molecule has 0 radical (unpaired) electrons. The van der Waals surface area contributed by atoms with Gasteiger partial charge in [-0.1, -0.05) is 6.92 Å². The van der Waals surface area contributed by atoms with E-state index in [0.29, 0.717) is 28.2 Å². The number of hydrogen-bond donors (Lipinski definition) is 1. The van der Waals surface area contributed by atoms with E-state index in [0.717, 1.165) is 25.6 Å². The Labute approximate surface area is 123 Å². The number of pyridine rings is 1. The smallest absolute Gasteiger partial charge is 0.136 e. The summed E-state index contributed by atoms with van der Waals surface area (Å²) in [5.41, 5.74) is 0.580. The summed E-state index contributed by atoms with van der Waals surface area (Å²) < 4.78 is 27.8. The normalized spacial score (nSPS) is 19.0. The zero-order valence-corrected chi connectivity index (χ0v) is 12.3. The van der Waals surface area contributed by atoms with Crippen LogP contribution in [0.2, 0.25) is 0 Å².